The number of rotatable bonds is 5. The normalized spacial score (nSPS) is 15.7. The molecular formula is C19H20N2O5S. The Morgan fingerprint density at radius 2 is 2.19 bits per heavy atom. The van der Waals surface area contributed by atoms with E-state index in [1.807, 2.05) is 0 Å². The maximum atomic E-state index is 12.3. The van der Waals surface area contributed by atoms with E-state index in [0.717, 1.165) is 24.8 Å². The van der Waals surface area contributed by atoms with Gasteiger partial charge in [-0.2, -0.15) is 0 Å². The van der Waals surface area contributed by atoms with Crippen LogP contribution in [0.4, 0.5) is 11.4 Å². The lowest BCUT2D eigenvalue weighted by atomic mass is 9.88. The number of aryl methyl sites for hydroxylation is 1. The highest BCUT2D eigenvalue weighted by Gasteiger charge is 2.24. The Labute approximate surface area is 160 Å². The van der Waals surface area contributed by atoms with Crippen LogP contribution in [0.2, 0.25) is 0 Å². The van der Waals surface area contributed by atoms with Crippen LogP contribution in [0.3, 0.4) is 0 Å². The fourth-order valence-corrected chi connectivity index (χ4v) is 4.38. The van der Waals surface area contributed by atoms with Gasteiger partial charge in [-0.05, 0) is 49.3 Å². The molecule has 0 saturated carbocycles. The highest BCUT2D eigenvalue weighted by atomic mass is 32.1. The molecule has 1 aromatic carbocycles. The van der Waals surface area contributed by atoms with E-state index in [1.54, 1.807) is 29.7 Å². The summed E-state index contributed by atoms with van der Waals surface area (Å²) in [4.78, 5) is 36.2. The molecule has 1 N–H and O–H groups in total. The van der Waals surface area contributed by atoms with E-state index in [-0.39, 0.29) is 11.4 Å². The van der Waals surface area contributed by atoms with Crippen LogP contribution in [-0.4, -0.2) is 23.4 Å². The third kappa shape index (κ3) is 4.33. The monoisotopic (exact) mass is 388 g/mol. The van der Waals surface area contributed by atoms with Crippen molar-refractivity contribution < 1.29 is 19.2 Å². The van der Waals surface area contributed by atoms with Gasteiger partial charge in [-0.1, -0.05) is 13.0 Å². The van der Waals surface area contributed by atoms with Crippen molar-refractivity contribution in [3.8, 4) is 0 Å². The van der Waals surface area contributed by atoms with Crippen LogP contribution in [0, 0.1) is 23.0 Å². The van der Waals surface area contributed by atoms with Gasteiger partial charge in [-0.3, -0.25) is 14.9 Å². The van der Waals surface area contributed by atoms with Gasteiger partial charge in [-0.15, -0.1) is 11.3 Å². The average molecular weight is 388 g/mol. The smallest absolute Gasteiger partial charge is 0.339 e. The average Bonchev–Trinajstić information content (AvgIpc) is 3.04. The van der Waals surface area contributed by atoms with Gasteiger partial charge in [0.15, 0.2) is 6.61 Å². The van der Waals surface area contributed by atoms with Gasteiger partial charge < -0.3 is 10.1 Å². The molecule has 1 aliphatic rings. The number of hydrogen-bond acceptors (Lipinski definition) is 6. The summed E-state index contributed by atoms with van der Waals surface area (Å²) >= 11 is 1.55. The molecule has 0 fully saturated rings. The van der Waals surface area contributed by atoms with Gasteiger partial charge in [0.05, 0.1) is 10.5 Å². The molecule has 1 atom stereocenters. The number of nitrogens with one attached hydrogen (secondary N) is 1. The number of anilines is 1. The van der Waals surface area contributed by atoms with Crippen LogP contribution >= 0.6 is 11.3 Å². The second-order valence-electron chi connectivity index (χ2n) is 6.80. The zero-order valence-electron chi connectivity index (χ0n) is 15.1. The van der Waals surface area contributed by atoms with E-state index in [4.69, 9.17) is 4.74 Å². The van der Waals surface area contributed by atoms with Gasteiger partial charge >= 0.3 is 5.97 Å². The van der Waals surface area contributed by atoms with Crippen LogP contribution in [0.1, 0.15) is 39.7 Å². The summed E-state index contributed by atoms with van der Waals surface area (Å²) in [5, 5.41) is 15.3. The lowest BCUT2D eigenvalue weighted by Gasteiger charge is -2.18. The number of thiophene rings is 1. The summed E-state index contributed by atoms with van der Waals surface area (Å²) in [6.45, 7) is 3.42. The lowest BCUT2D eigenvalue weighted by Crippen LogP contribution is -2.22. The van der Waals surface area contributed by atoms with E-state index in [2.05, 4.69) is 12.2 Å². The fourth-order valence-electron chi connectivity index (χ4n) is 3.14. The first-order valence-electron chi connectivity index (χ1n) is 8.66. The molecule has 0 saturated heterocycles. The summed E-state index contributed by atoms with van der Waals surface area (Å²) in [6.07, 6.45) is 2.83. The molecule has 8 heteroatoms. The summed E-state index contributed by atoms with van der Waals surface area (Å²) < 4.78 is 5.12. The van der Waals surface area contributed by atoms with Crippen molar-refractivity contribution in [2.45, 2.75) is 33.1 Å². The molecule has 0 bridgehead atoms. The number of fused-ring (bicyclic) bond motifs is 1. The van der Waals surface area contributed by atoms with Crippen LogP contribution in [0.15, 0.2) is 23.6 Å². The fraction of sp³-hybridized carbons (Fsp3) is 0.368. The quantitative estimate of drug-likeness (QED) is 0.476. The third-order valence-corrected chi connectivity index (χ3v) is 5.63. The molecule has 1 heterocycles. The van der Waals surface area contributed by atoms with Crippen LogP contribution in [-0.2, 0) is 22.4 Å². The standard InChI is InChI=1S/C19H20N2O5S/c1-11-4-6-15(16(7-11)21(24)25)20-18(22)9-26-19(23)14-10-27-17-8-12(2)3-5-13(14)17/h4,6-7,10,12H,3,5,8-9H2,1-2H3,(H,20,22). The van der Waals surface area contributed by atoms with Crippen molar-refractivity contribution in [2.24, 2.45) is 5.92 Å². The maximum absolute atomic E-state index is 12.3. The number of hydrogen-bond donors (Lipinski definition) is 1. The minimum absolute atomic E-state index is 0.0774. The van der Waals surface area contributed by atoms with E-state index in [9.17, 15) is 19.7 Å². The number of nitrogens with zero attached hydrogens (tertiary/aromatic N) is 1. The SMILES string of the molecule is Cc1ccc(NC(=O)COC(=O)c2csc3c2CCC(C)C3)c([N+](=O)[O-])c1. The van der Waals surface area contributed by atoms with Gasteiger partial charge in [0.1, 0.15) is 5.69 Å². The Hall–Kier alpha value is -2.74. The molecule has 27 heavy (non-hydrogen) atoms. The summed E-state index contributed by atoms with van der Waals surface area (Å²) in [7, 11) is 0. The zero-order chi connectivity index (χ0) is 19.6. The van der Waals surface area contributed by atoms with Crippen LogP contribution in [0.25, 0.3) is 0 Å². The minimum Gasteiger partial charge on any atom is -0.452 e. The number of benzene rings is 1. The lowest BCUT2D eigenvalue weighted by molar-refractivity contribution is -0.384. The van der Waals surface area contributed by atoms with Crippen molar-refractivity contribution in [3.63, 3.8) is 0 Å². The van der Waals surface area contributed by atoms with Gasteiger partial charge in [0, 0.05) is 16.3 Å². The van der Waals surface area contributed by atoms with Crippen molar-refractivity contribution in [1.82, 2.24) is 0 Å². The number of carbonyl (C=O) groups excluding carboxylic acids is 2. The van der Waals surface area contributed by atoms with E-state index in [0.29, 0.717) is 17.0 Å². The molecule has 1 aromatic heterocycles. The molecule has 3 rings (SSSR count). The van der Waals surface area contributed by atoms with Gasteiger partial charge in [0.25, 0.3) is 11.6 Å². The molecule has 0 spiro atoms. The Bertz CT molecular complexity index is 906. The van der Waals surface area contributed by atoms with E-state index < -0.39 is 23.4 Å². The Kier molecular flexibility index (Phi) is 5.55. The summed E-state index contributed by atoms with van der Waals surface area (Å²) in [5.41, 5.74) is 2.14. The van der Waals surface area contributed by atoms with Gasteiger partial charge in [0.2, 0.25) is 0 Å². The van der Waals surface area contributed by atoms with E-state index >= 15 is 0 Å². The second kappa shape index (κ2) is 7.87. The largest absolute Gasteiger partial charge is 0.452 e. The van der Waals surface area contributed by atoms with Crippen molar-refractivity contribution in [3.05, 3.63) is 55.3 Å². The van der Waals surface area contributed by atoms with Gasteiger partial charge in [-0.25, -0.2) is 4.79 Å². The number of ether oxygens (including phenoxy) is 1. The van der Waals surface area contributed by atoms with Crippen LogP contribution in [0.5, 0.6) is 0 Å². The predicted molar refractivity (Wildman–Crippen MR) is 102 cm³/mol. The highest BCUT2D eigenvalue weighted by molar-refractivity contribution is 7.10. The first-order valence-corrected chi connectivity index (χ1v) is 9.54. The second-order valence-corrected chi connectivity index (χ2v) is 7.77. The van der Waals surface area contributed by atoms with Crippen molar-refractivity contribution in [2.75, 3.05) is 11.9 Å². The molecule has 142 valence electrons. The van der Waals surface area contributed by atoms with E-state index in [1.165, 1.54) is 17.0 Å². The molecule has 1 amide bonds. The molecule has 2 aromatic rings. The predicted octanol–water partition coefficient (Wildman–Crippen LogP) is 3.89. The third-order valence-electron chi connectivity index (χ3n) is 4.58. The highest BCUT2D eigenvalue weighted by Crippen LogP contribution is 2.33. The Morgan fingerprint density at radius 3 is 2.93 bits per heavy atom. The topological polar surface area (TPSA) is 98.5 Å². The molecule has 1 aliphatic carbocycles. The number of nitro benzene ring substituents is 1. The first kappa shape index (κ1) is 19.0. The summed E-state index contributed by atoms with van der Waals surface area (Å²) in [5.74, 6) is -0.542. The Balaban J connectivity index is 1.62. The van der Waals surface area contributed by atoms with Crippen molar-refractivity contribution in [1.29, 1.82) is 0 Å². The van der Waals surface area contributed by atoms with Crippen LogP contribution < -0.4 is 5.32 Å². The minimum atomic E-state index is -0.618. The number of amides is 1. The molecule has 7 nitrogen and oxygen atoms in total. The first-order chi connectivity index (χ1) is 12.8. The zero-order valence-corrected chi connectivity index (χ0v) is 15.9. The molecular weight excluding hydrogens is 368 g/mol. The van der Waals surface area contributed by atoms with Crippen molar-refractivity contribution >= 4 is 34.6 Å². The number of esters is 1. The molecule has 0 radical (unpaired) electrons. The molecule has 1 unspecified atom stereocenters. The molecule has 0 aliphatic heterocycles. The maximum Gasteiger partial charge on any atom is 0.339 e. The summed E-state index contributed by atoms with van der Waals surface area (Å²) in [6, 6.07) is 4.50. The Morgan fingerprint density at radius 1 is 1.41 bits per heavy atom. The number of carbonyl (C=O) groups is 2. The number of nitro groups is 1.